The lowest BCUT2D eigenvalue weighted by Gasteiger charge is -2.23. The monoisotopic (exact) mass is 465 g/mol. The highest BCUT2D eigenvalue weighted by Crippen LogP contribution is 2.35. The largest absolute Gasteiger partial charge is 0.367 e. The lowest BCUT2D eigenvalue weighted by molar-refractivity contribution is 0.841. The number of hydrogen-bond acceptors (Lipinski definition) is 3. The van der Waals surface area contributed by atoms with Gasteiger partial charge in [0.05, 0.1) is 12.1 Å². The predicted octanol–water partition coefficient (Wildman–Crippen LogP) is 8.06. The van der Waals surface area contributed by atoms with Gasteiger partial charge in [-0.2, -0.15) is 0 Å². The van der Waals surface area contributed by atoms with Crippen molar-refractivity contribution in [3.05, 3.63) is 127 Å². The molecule has 0 aliphatic rings. The Labute approximate surface area is 211 Å². The summed E-state index contributed by atoms with van der Waals surface area (Å²) in [6, 6.07) is 40.5. The van der Waals surface area contributed by atoms with Crippen LogP contribution in [0.5, 0.6) is 0 Å². The summed E-state index contributed by atoms with van der Waals surface area (Å²) in [6.45, 7) is 2.69. The third-order valence-corrected chi connectivity index (χ3v) is 6.81. The summed E-state index contributed by atoms with van der Waals surface area (Å²) in [5.74, 6) is 0.824. The molecular weight excluding hydrogens is 438 g/mol. The first-order valence-electron chi connectivity index (χ1n) is 12.3. The van der Waals surface area contributed by atoms with E-state index in [9.17, 15) is 0 Å². The second kappa shape index (κ2) is 9.27. The molecule has 6 rings (SSSR count). The lowest BCUT2D eigenvalue weighted by Crippen LogP contribution is -2.19. The highest BCUT2D eigenvalue weighted by Gasteiger charge is 2.15. The summed E-state index contributed by atoms with van der Waals surface area (Å²) in [5.41, 5.74) is 7.99. The van der Waals surface area contributed by atoms with Gasteiger partial charge in [-0.1, -0.05) is 103 Å². The molecule has 0 saturated heterocycles. The first-order chi connectivity index (χ1) is 17.7. The van der Waals surface area contributed by atoms with Crippen molar-refractivity contribution < 1.29 is 0 Å². The number of anilines is 1. The minimum Gasteiger partial charge on any atom is -0.367 e. The van der Waals surface area contributed by atoms with Crippen molar-refractivity contribution in [2.24, 2.45) is 0 Å². The van der Waals surface area contributed by atoms with Crippen molar-refractivity contribution in [3.8, 4) is 22.3 Å². The van der Waals surface area contributed by atoms with Crippen LogP contribution in [-0.2, 0) is 6.54 Å². The van der Waals surface area contributed by atoms with Crippen molar-refractivity contribution in [2.45, 2.75) is 13.5 Å². The standard InChI is InChI=1S/C33H27N3/c1-23-28-19-17-26-15-9-10-16-29(26)33(28)35-32(34-23)22-36(2)31-20-18-27(24-11-5-3-6-12-24)21-30(31)25-13-7-4-8-14-25/h3-21H,22H2,1-2H3. The molecule has 1 heterocycles. The third kappa shape index (κ3) is 4.09. The van der Waals surface area contributed by atoms with E-state index in [0.717, 1.165) is 28.1 Å². The molecule has 0 atom stereocenters. The Morgan fingerprint density at radius 1 is 0.611 bits per heavy atom. The second-order valence-corrected chi connectivity index (χ2v) is 9.23. The average molecular weight is 466 g/mol. The Morgan fingerprint density at radius 3 is 2.08 bits per heavy atom. The summed E-state index contributed by atoms with van der Waals surface area (Å²) in [5, 5.41) is 3.48. The molecule has 6 aromatic rings. The van der Waals surface area contributed by atoms with Gasteiger partial charge in [0.1, 0.15) is 5.82 Å². The molecule has 0 bridgehead atoms. The molecule has 5 aromatic carbocycles. The number of nitrogens with zero attached hydrogens (tertiary/aromatic N) is 3. The summed E-state index contributed by atoms with van der Waals surface area (Å²) >= 11 is 0. The van der Waals surface area contributed by atoms with Crippen LogP contribution in [0.4, 0.5) is 5.69 Å². The van der Waals surface area contributed by atoms with Gasteiger partial charge >= 0.3 is 0 Å². The summed E-state index contributed by atoms with van der Waals surface area (Å²) < 4.78 is 0. The summed E-state index contributed by atoms with van der Waals surface area (Å²) in [6.07, 6.45) is 0. The average Bonchev–Trinajstić information content (AvgIpc) is 2.93. The molecule has 36 heavy (non-hydrogen) atoms. The van der Waals surface area contributed by atoms with Crippen LogP contribution < -0.4 is 4.90 Å². The molecule has 0 saturated carbocycles. The molecule has 0 unspecified atom stereocenters. The van der Waals surface area contributed by atoms with Crippen molar-refractivity contribution in [1.29, 1.82) is 0 Å². The first-order valence-corrected chi connectivity index (χ1v) is 12.3. The van der Waals surface area contributed by atoms with Gasteiger partial charge < -0.3 is 4.90 Å². The smallest absolute Gasteiger partial charge is 0.148 e. The van der Waals surface area contributed by atoms with E-state index < -0.39 is 0 Å². The molecule has 3 nitrogen and oxygen atoms in total. The summed E-state index contributed by atoms with van der Waals surface area (Å²) in [7, 11) is 2.12. The van der Waals surface area contributed by atoms with Gasteiger partial charge in [0.2, 0.25) is 0 Å². The van der Waals surface area contributed by atoms with Gasteiger partial charge in [0.15, 0.2) is 0 Å². The first kappa shape index (κ1) is 22.0. The van der Waals surface area contributed by atoms with E-state index in [1.807, 2.05) is 0 Å². The molecule has 174 valence electrons. The summed E-state index contributed by atoms with van der Waals surface area (Å²) in [4.78, 5) is 12.2. The van der Waals surface area contributed by atoms with E-state index >= 15 is 0 Å². The van der Waals surface area contributed by atoms with Gasteiger partial charge in [-0.15, -0.1) is 0 Å². The number of benzene rings is 5. The zero-order valence-corrected chi connectivity index (χ0v) is 20.5. The molecule has 0 radical (unpaired) electrons. The van der Waals surface area contributed by atoms with E-state index in [1.165, 1.54) is 33.0 Å². The molecule has 0 aliphatic carbocycles. The van der Waals surface area contributed by atoms with Crippen LogP contribution in [0, 0.1) is 6.92 Å². The third-order valence-electron chi connectivity index (χ3n) is 6.81. The van der Waals surface area contributed by atoms with Crippen LogP contribution in [0.25, 0.3) is 43.9 Å². The number of aryl methyl sites for hydroxylation is 1. The fourth-order valence-corrected chi connectivity index (χ4v) is 4.97. The van der Waals surface area contributed by atoms with Gasteiger partial charge in [-0.05, 0) is 41.1 Å². The zero-order valence-electron chi connectivity index (χ0n) is 20.5. The predicted molar refractivity (Wildman–Crippen MR) is 151 cm³/mol. The maximum absolute atomic E-state index is 5.04. The van der Waals surface area contributed by atoms with Crippen molar-refractivity contribution in [1.82, 2.24) is 9.97 Å². The molecular formula is C33H27N3. The molecule has 0 fully saturated rings. The second-order valence-electron chi connectivity index (χ2n) is 9.23. The Balaban J connectivity index is 1.42. The Kier molecular flexibility index (Phi) is 5.67. The van der Waals surface area contributed by atoms with Crippen molar-refractivity contribution >= 4 is 27.4 Å². The lowest BCUT2D eigenvalue weighted by atomic mass is 9.97. The molecule has 0 amide bonds. The zero-order chi connectivity index (χ0) is 24.5. The Bertz CT molecular complexity index is 1670. The van der Waals surface area contributed by atoms with Gasteiger partial charge in [-0.25, -0.2) is 9.97 Å². The fraction of sp³-hybridized carbons (Fsp3) is 0.0909. The van der Waals surface area contributed by atoms with Crippen LogP contribution in [0.1, 0.15) is 11.5 Å². The highest BCUT2D eigenvalue weighted by molar-refractivity contribution is 6.05. The van der Waals surface area contributed by atoms with E-state index in [1.54, 1.807) is 0 Å². The van der Waals surface area contributed by atoms with Crippen molar-refractivity contribution in [3.63, 3.8) is 0 Å². The maximum atomic E-state index is 5.04. The van der Waals surface area contributed by atoms with Gasteiger partial charge in [0, 0.05) is 34.8 Å². The Morgan fingerprint density at radius 2 is 1.31 bits per heavy atom. The van der Waals surface area contributed by atoms with Crippen LogP contribution in [0.3, 0.4) is 0 Å². The minimum atomic E-state index is 0.616. The van der Waals surface area contributed by atoms with Crippen molar-refractivity contribution in [2.75, 3.05) is 11.9 Å². The fourth-order valence-electron chi connectivity index (χ4n) is 4.97. The number of aromatic nitrogens is 2. The van der Waals surface area contributed by atoms with E-state index in [2.05, 4.69) is 134 Å². The quantitative estimate of drug-likeness (QED) is 0.241. The topological polar surface area (TPSA) is 29.0 Å². The molecule has 3 heteroatoms. The maximum Gasteiger partial charge on any atom is 0.148 e. The van der Waals surface area contributed by atoms with Crippen LogP contribution in [0.2, 0.25) is 0 Å². The van der Waals surface area contributed by atoms with Gasteiger partial charge in [-0.3, -0.25) is 0 Å². The number of fused-ring (bicyclic) bond motifs is 3. The molecule has 0 aliphatic heterocycles. The molecule has 0 N–H and O–H groups in total. The SMILES string of the molecule is Cc1nc(CN(C)c2ccc(-c3ccccc3)cc2-c2ccccc2)nc2c1ccc1ccccc12. The highest BCUT2D eigenvalue weighted by atomic mass is 15.1. The Hall–Kier alpha value is -4.50. The number of rotatable bonds is 5. The van der Waals surface area contributed by atoms with Crippen LogP contribution in [-0.4, -0.2) is 17.0 Å². The van der Waals surface area contributed by atoms with Gasteiger partial charge in [0.25, 0.3) is 0 Å². The van der Waals surface area contributed by atoms with E-state index in [4.69, 9.17) is 9.97 Å². The molecule has 0 spiro atoms. The van der Waals surface area contributed by atoms with E-state index in [-0.39, 0.29) is 0 Å². The number of hydrogen-bond donors (Lipinski definition) is 0. The van der Waals surface area contributed by atoms with E-state index in [0.29, 0.717) is 6.54 Å². The normalized spacial score (nSPS) is 11.2. The molecule has 1 aromatic heterocycles. The van der Waals surface area contributed by atoms with Crippen LogP contribution in [0.15, 0.2) is 115 Å². The van der Waals surface area contributed by atoms with Crippen LogP contribution >= 0.6 is 0 Å². The minimum absolute atomic E-state index is 0.616.